The smallest absolute Gasteiger partial charge is 0.321 e. The lowest BCUT2D eigenvalue weighted by atomic mass is 10.1. The predicted molar refractivity (Wildman–Crippen MR) is 121 cm³/mol. The van der Waals surface area contributed by atoms with E-state index in [0.717, 1.165) is 33.8 Å². The van der Waals surface area contributed by atoms with Crippen LogP contribution in [0.5, 0.6) is 0 Å². The van der Waals surface area contributed by atoms with Gasteiger partial charge in [0.1, 0.15) is 12.1 Å². The van der Waals surface area contributed by atoms with Crippen LogP contribution in [0.1, 0.15) is 5.69 Å². The van der Waals surface area contributed by atoms with Crippen LogP contribution in [0.15, 0.2) is 67.1 Å². The van der Waals surface area contributed by atoms with E-state index < -0.39 is 0 Å². The van der Waals surface area contributed by atoms with Crippen molar-refractivity contribution in [3.05, 3.63) is 72.8 Å². The zero-order chi connectivity index (χ0) is 21.2. The van der Waals surface area contributed by atoms with Gasteiger partial charge in [-0.25, -0.2) is 19.4 Å². The number of nitrogens with one attached hydrogen (secondary N) is 1. The maximum absolute atomic E-state index is 12.7. The maximum Gasteiger partial charge on any atom is 0.321 e. The zero-order valence-corrected chi connectivity index (χ0v) is 17.3. The van der Waals surface area contributed by atoms with Crippen molar-refractivity contribution in [2.75, 3.05) is 36.4 Å². The molecule has 8 nitrogen and oxygen atoms in total. The highest BCUT2D eigenvalue weighted by molar-refractivity contribution is 5.93. The van der Waals surface area contributed by atoms with Crippen molar-refractivity contribution in [1.29, 1.82) is 0 Å². The van der Waals surface area contributed by atoms with Crippen molar-refractivity contribution in [3.8, 4) is 5.82 Å². The fraction of sp³-hybridized carbons (Fsp3) is 0.217. The van der Waals surface area contributed by atoms with Gasteiger partial charge in [0.15, 0.2) is 5.82 Å². The predicted octanol–water partition coefficient (Wildman–Crippen LogP) is 3.48. The third-order valence-electron chi connectivity index (χ3n) is 5.49. The number of fused-ring (bicyclic) bond motifs is 1. The Morgan fingerprint density at radius 3 is 2.45 bits per heavy atom. The molecule has 4 aromatic rings. The number of nitrogens with zero attached hydrogens (tertiary/aromatic N) is 6. The highest BCUT2D eigenvalue weighted by Crippen LogP contribution is 2.20. The molecule has 0 spiro atoms. The number of rotatable bonds is 3. The molecule has 2 aromatic heterocycles. The van der Waals surface area contributed by atoms with E-state index in [2.05, 4.69) is 31.3 Å². The highest BCUT2D eigenvalue weighted by atomic mass is 16.2. The van der Waals surface area contributed by atoms with Gasteiger partial charge in [-0.2, -0.15) is 5.10 Å². The summed E-state index contributed by atoms with van der Waals surface area (Å²) in [7, 11) is 0. The molecule has 1 aliphatic rings. The summed E-state index contributed by atoms with van der Waals surface area (Å²) < 4.78 is 1.74. The average molecular weight is 413 g/mol. The van der Waals surface area contributed by atoms with Crippen LogP contribution in [0.4, 0.5) is 16.3 Å². The highest BCUT2D eigenvalue weighted by Gasteiger charge is 2.22. The van der Waals surface area contributed by atoms with Crippen molar-refractivity contribution in [3.63, 3.8) is 0 Å². The normalized spacial score (nSPS) is 14.1. The molecule has 0 unspecified atom stereocenters. The molecule has 2 amide bonds. The van der Waals surface area contributed by atoms with Crippen LogP contribution in [-0.2, 0) is 0 Å². The maximum atomic E-state index is 12.7. The number of carbonyl (C=O) groups is 1. The average Bonchev–Trinajstić information content (AvgIpc) is 3.25. The minimum atomic E-state index is -0.0784. The molecule has 0 bridgehead atoms. The summed E-state index contributed by atoms with van der Waals surface area (Å²) in [6.07, 6.45) is 3.44. The lowest BCUT2D eigenvalue weighted by molar-refractivity contribution is 0.208. The Kier molecular flexibility index (Phi) is 4.95. The minimum Gasteiger partial charge on any atom is -0.353 e. The van der Waals surface area contributed by atoms with E-state index in [4.69, 9.17) is 0 Å². The van der Waals surface area contributed by atoms with Gasteiger partial charge in [-0.1, -0.05) is 30.3 Å². The number of benzene rings is 2. The van der Waals surface area contributed by atoms with Gasteiger partial charge in [-0.3, -0.25) is 0 Å². The number of urea groups is 1. The number of hydrogen-bond donors (Lipinski definition) is 1. The van der Waals surface area contributed by atoms with Crippen LogP contribution in [0.2, 0.25) is 0 Å². The zero-order valence-electron chi connectivity index (χ0n) is 17.3. The Balaban J connectivity index is 1.22. The van der Waals surface area contributed by atoms with Crippen molar-refractivity contribution in [2.45, 2.75) is 6.92 Å². The fourth-order valence-electron chi connectivity index (χ4n) is 3.79. The lowest BCUT2D eigenvalue weighted by Gasteiger charge is -2.35. The molecule has 1 fully saturated rings. The van der Waals surface area contributed by atoms with Crippen molar-refractivity contribution < 1.29 is 4.79 Å². The Morgan fingerprint density at radius 1 is 0.903 bits per heavy atom. The molecule has 8 heteroatoms. The van der Waals surface area contributed by atoms with Gasteiger partial charge in [0.05, 0.1) is 5.69 Å². The number of piperazine rings is 1. The van der Waals surface area contributed by atoms with E-state index in [1.54, 1.807) is 11.0 Å². The minimum absolute atomic E-state index is 0.0784. The Hall–Kier alpha value is -3.94. The van der Waals surface area contributed by atoms with Crippen LogP contribution < -0.4 is 10.2 Å². The molecule has 5 rings (SSSR count). The fourth-order valence-corrected chi connectivity index (χ4v) is 3.79. The molecule has 1 N–H and O–H groups in total. The number of amides is 2. The van der Waals surface area contributed by atoms with Crippen LogP contribution >= 0.6 is 0 Å². The molecule has 2 aromatic carbocycles. The van der Waals surface area contributed by atoms with E-state index in [9.17, 15) is 4.79 Å². The third-order valence-corrected chi connectivity index (χ3v) is 5.49. The molecule has 0 aliphatic carbocycles. The van der Waals surface area contributed by atoms with E-state index in [1.165, 1.54) is 0 Å². The van der Waals surface area contributed by atoms with Crippen LogP contribution in [0.3, 0.4) is 0 Å². The summed E-state index contributed by atoms with van der Waals surface area (Å²) in [4.78, 5) is 25.5. The van der Waals surface area contributed by atoms with E-state index in [-0.39, 0.29) is 6.03 Å². The number of anilines is 2. The summed E-state index contributed by atoms with van der Waals surface area (Å²) in [6.45, 7) is 4.61. The van der Waals surface area contributed by atoms with Gasteiger partial charge in [-0.05, 0) is 35.9 Å². The van der Waals surface area contributed by atoms with Crippen molar-refractivity contribution >= 4 is 28.3 Å². The summed E-state index contributed by atoms with van der Waals surface area (Å²) in [5.41, 5.74) is 1.74. The summed E-state index contributed by atoms with van der Waals surface area (Å²) in [5, 5.41) is 9.69. The second-order valence-electron chi connectivity index (χ2n) is 7.60. The summed E-state index contributed by atoms with van der Waals surface area (Å²) in [6, 6.07) is 17.9. The number of aryl methyl sites for hydroxylation is 1. The molecule has 0 atom stereocenters. The van der Waals surface area contributed by atoms with Crippen molar-refractivity contribution in [2.24, 2.45) is 0 Å². The van der Waals surface area contributed by atoms with Gasteiger partial charge in [-0.15, -0.1) is 0 Å². The Morgan fingerprint density at radius 2 is 1.68 bits per heavy atom. The number of aromatic nitrogens is 4. The summed E-state index contributed by atoms with van der Waals surface area (Å²) in [5.74, 6) is 1.57. The van der Waals surface area contributed by atoms with Crippen molar-refractivity contribution in [1.82, 2.24) is 24.6 Å². The molecule has 3 heterocycles. The quantitative estimate of drug-likeness (QED) is 0.556. The van der Waals surface area contributed by atoms with Gasteiger partial charge in [0.2, 0.25) is 0 Å². The lowest BCUT2D eigenvalue weighted by Crippen LogP contribution is -2.50. The molecular formula is C23H23N7O. The molecule has 156 valence electrons. The molecular weight excluding hydrogens is 390 g/mol. The molecule has 31 heavy (non-hydrogen) atoms. The Bertz CT molecular complexity index is 1230. The molecule has 1 saturated heterocycles. The first kappa shape index (κ1) is 19.0. The first-order valence-electron chi connectivity index (χ1n) is 10.3. The monoisotopic (exact) mass is 413 g/mol. The van der Waals surface area contributed by atoms with Crippen LogP contribution in [-0.4, -0.2) is 56.9 Å². The second kappa shape index (κ2) is 8.06. The van der Waals surface area contributed by atoms with Gasteiger partial charge >= 0.3 is 6.03 Å². The third kappa shape index (κ3) is 4.05. The van der Waals surface area contributed by atoms with E-state index in [0.29, 0.717) is 26.2 Å². The summed E-state index contributed by atoms with van der Waals surface area (Å²) >= 11 is 0. The largest absolute Gasteiger partial charge is 0.353 e. The second-order valence-corrected chi connectivity index (χ2v) is 7.60. The first-order chi connectivity index (χ1) is 15.2. The number of hydrogen-bond acceptors (Lipinski definition) is 5. The van der Waals surface area contributed by atoms with Gasteiger partial charge in [0.25, 0.3) is 0 Å². The molecule has 0 saturated carbocycles. The van der Waals surface area contributed by atoms with Gasteiger partial charge < -0.3 is 15.1 Å². The van der Waals surface area contributed by atoms with Gasteiger partial charge in [0, 0.05) is 44.1 Å². The SMILES string of the molecule is Cc1ccn(-c2cc(N3CCN(C(=O)Nc4ccc5ccccc5c4)CC3)ncn2)n1. The molecule has 1 aliphatic heterocycles. The standard InChI is InChI=1S/C23H23N7O/c1-17-8-9-30(27-17)22-15-21(24-16-25-22)28-10-12-29(13-11-28)23(31)26-20-7-6-18-4-2-3-5-19(18)14-20/h2-9,14-16H,10-13H2,1H3,(H,26,31). The van der Waals surface area contributed by atoms with Crippen LogP contribution in [0, 0.1) is 6.92 Å². The number of carbonyl (C=O) groups excluding carboxylic acids is 1. The first-order valence-corrected chi connectivity index (χ1v) is 10.3. The van der Waals surface area contributed by atoms with Crippen LogP contribution in [0.25, 0.3) is 16.6 Å². The van der Waals surface area contributed by atoms with E-state index in [1.807, 2.05) is 66.6 Å². The molecule has 0 radical (unpaired) electrons. The van der Waals surface area contributed by atoms with E-state index >= 15 is 0 Å². The Labute approximate surface area is 180 Å². The topological polar surface area (TPSA) is 79.2 Å².